The van der Waals surface area contributed by atoms with Crippen molar-refractivity contribution in [3.8, 4) is 22.3 Å². The molecule has 0 saturated carbocycles. The third kappa shape index (κ3) is 2.27. The number of thiophene rings is 1. The minimum Gasteiger partial charge on any atom is -0.439 e. The molecule has 0 amide bonds. The van der Waals surface area contributed by atoms with Gasteiger partial charge in [-0.1, -0.05) is 24.3 Å². The van der Waals surface area contributed by atoms with Crippen LogP contribution in [0.3, 0.4) is 0 Å². The number of ether oxygens (including phenoxy) is 1. The Morgan fingerprint density at radius 2 is 1.91 bits per heavy atom. The number of anilines is 1. The van der Waals surface area contributed by atoms with Crippen molar-refractivity contribution in [1.82, 2.24) is 19.6 Å². The summed E-state index contributed by atoms with van der Waals surface area (Å²) in [5, 5.41) is 6.35. The second-order valence-corrected chi connectivity index (χ2v) is 5.50. The topological polar surface area (TPSA) is 78.3 Å². The zero-order valence-electron chi connectivity index (χ0n) is 11.4. The third-order valence-corrected chi connectivity index (χ3v) is 3.90. The molecular formula is C15H11N5OS. The van der Waals surface area contributed by atoms with Gasteiger partial charge >= 0.3 is 0 Å². The molecule has 4 rings (SSSR count). The smallest absolute Gasteiger partial charge is 0.226 e. The second-order valence-electron chi connectivity index (χ2n) is 4.55. The Hall–Kier alpha value is -2.93. The van der Waals surface area contributed by atoms with Crippen molar-refractivity contribution in [3.05, 3.63) is 53.9 Å². The fourth-order valence-corrected chi connectivity index (χ4v) is 2.71. The summed E-state index contributed by atoms with van der Waals surface area (Å²) in [5.41, 5.74) is 6.55. The summed E-state index contributed by atoms with van der Waals surface area (Å²) in [4.78, 5) is 9.67. The highest BCUT2D eigenvalue weighted by Crippen LogP contribution is 2.25. The van der Waals surface area contributed by atoms with Gasteiger partial charge in [0.15, 0.2) is 11.5 Å². The SMILES string of the molecule is Nc1nc(Oc2ccccc2)cc2nc(-c3cccs3)nn12. The number of fused-ring (bicyclic) bond motifs is 1. The molecule has 4 aromatic rings. The fourth-order valence-electron chi connectivity index (χ4n) is 2.06. The van der Waals surface area contributed by atoms with Crippen LogP contribution in [0.25, 0.3) is 16.3 Å². The first kappa shape index (κ1) is 12.8. The van der Waals surface area contributed by atoms with E-state index in [2.05, 4.69) is 15.1 Å². The van der Waals surface area contributed by atoms with Crippen LogP contribution in [0, 0.1) is 0 Å². The molecule has 0 aliphatic rings. The summed E-state index contributed by atoms with van der Waals surface area (Å²) in [6.45, 7) is 0. The van der Waals surface area contributed by atoms with Crippen molar-refractivity contribution in [3.63, 3.8) is 0 Å². The van der Waals surface area contributed by atoms with Crippen LogP contribution in [0.1, 0.15) is 0 Å². The molecule has 0 fully saturated rings. The summed E-state index contributed by atoms with van der Waals surface area (Å²) in [5.74, 6) is 1.94. The first-order chi connectivity index (χ1) is 10.8. The Bertz CT molecular complexity index is 918. The van der Waals surface area contributed by atoms with E-state index in [0.717, 1.165) is 4.88 Å². The molecule has 2 N–H and O–H groups in total. The van der Waals surface area contributed by atoms with Gasteiger partial charge in [0.1, 0.15) is 5.75 Å². The maximum absolute atomic E-state index is 5.95. The lowest BCUT2D eigenvalue weighted by Crippen LogP contribution is -2.03. The summed E-state index contributed by atoms with van der Waals surface area (Å²) in [6, 6.07) is 15.0. The highest BCUT2D eigenvalue weighted by Gasteiger charge is 2.12. The van der Waals surface area contributed by atoms with Crippen LogP contribution in [0.15, 0.2) is 53.9 Å². The van der Waals surface area contributed by atoms with Gasteiger partial charge < -0.3 is 10.5 Å². The molecule has 3 aromatic heterocycles. The van der Waals surface area contributed by atoms with Crippen molar-refractivity contribution >= 4 is 22.9 Å². The predicted molar refractivity (Wildman–Crippen MR) is 85.0 cm³/mol. The monoisotopic (exact) mass is 309 g/mol. The molecule has 1 aromatic carbocycles. The average molecular weight is 309 g/mol. The quantitative estimate of drug-likeness (QED) is 0.628. The van der Waals surface area contributed by atoms with Crippen LogP contribution in [0.5, 0.6) is 11.6 Å². The van der Waals surface area contributed by atoms with Gasteiger partial charge in [0.05, 0.1) is 4.88 Å². The minimum absolute atomic E-state index is 0.235. The summed E-state index contributed by atoms with van der Waals surface area (Å²) in [7, 11) is 0. The zero-order chi connectivity index (χ0) is 14.9. The lowest BCUT2D eigenvalue weighted by Gasteiger charge is -2.05. The Balaban J connectivity index is 1.76. The van der Waals surface area contributed by atoms with Gasteiger partial charge in [-0.2, -0.15) is 9.50 Å². The Morgan fingerprint density at radius 3 is 2.68 bits per heavy atom. The van der Waals surface area contributed by atoms with Crippen molar-refractivity contribution in [2.75, 3.05) is 5.73 Å². The maximum atomic E-state index is 5.95. The minimum atomic E-state index is 0.235. The van der Waals surface area contributed by atoms with Crippen LogP contribution < -0.4 is 10.5 Å². The molecule has 0 aliphatic heterocycles. The van der Waals surface area contributed by atoms with E-state index in [9.17, 15) is 0 Å². The van der Waals surface area contributed by atoms with Crippen LogP contribution in [0.4, 0.5) is 5.95 Å². The molecule has 0 saturated heterocycles. The van der Waals surface area contributed by atoms with E-state index in [-0.39, 0.29) is 5.95 Å². The number of para-hydroxylation sites is 1. The molecule has 7 heteroatoms. The number of nitrogens with two attached hydrogens (primary N) is 1. The molecule has 6 nitrogen and oxygen atoms in total. The number of aromatic nitrogens is 4. The van der Waals surface area contributed by atoms with Gasteiger partial charge in [0, 0.05) is 6.07 Å². The van der Waals surface area contributed by atoms with E-state index in [1.807, 2.05) is 47.8 Å². The van der Waals surface area contributed by atoms with E-state index in [0.29, 0.717) is 23.1 Å². The van der Waals surface area contributed by atoms with Crippen molar-refractivity contribution in [1.29, 1.82) is 0 Å². The molecule has 0 bridgehead atoms. The maximum Gasteiger partial charge on any atom is 0.226 e. The summed E-state index contributed by atoms with van der Waals surface area (Å²) < 4.78 is 7.20. The number of hydrogen-bond acceptors (Lipinski definition) is 6. The number of rotatable bonds is 3. The van der Waals surface area contributed by atoms with Crippen molar-refractivity contribution in [2.24, 2.45) is 0 Å². The highest BCUT2D eigenvalue weighted by molar-refractivity contribution is 7.13. The van der Waals surface area contributed by atoms with E-state index in [1.54, 1.807) is 17.4 Å². The van der Waals surface area contributed by atoms with Crippen LogP contribution in [-0.2, 0) is 0 Å². The standard InChI is InChI=1S/C15H11N5OS/c16-15-18-13(21-10-5-2-1-3-6-10)9-12-17-14(19-20(12)15)11-7-4-8-22-11/h1-9H,(H2,16,18). The number of nitrogen functional groups attached to an aromatic ring is 1. The lowest BCUT2D eigenvalue weighted by atomic mass is 10.3. The van der Waals surface area contributed by atoms with Crippen molar-refractivity contribution < 1.29 is 4.74 Å². The third-order valence-electron chi connectivity index (χ3n) is 3.03. The van der Waals surface area contributed by atoms with E-state index >= 15 is 0 Å². The second kappa shape index (κ2) is 5.12. The van der Waals surface area contributed by atoms with Gasteiger partial charge in [-0.25, -0.2) is 4.98 Å². The summed E-state index contributed by atoms with van der Waals surface area (Å²) >= 11 is 1.57. The Morgan fingerprint density at radius 1 is 1.05 bits per heavy atom. The van der Waals surface area contributed by atoms with E-state index < -0.39 is 0 Å². The molecule has 0 aliphatic carbocycles. The van der Waals surface area contributed by atoms with Gasteiger partial charge in [-0.3, -0.25) is 0 Å². The first-order valence-corrected chi connectivity index (χ1v) is 7.48. The average Bonchev–Trinajstić information content (AvgIpc) is 3.17. The molecule has 0 radical (unpaired) electrons. The summed E-state index contributed by atoms with van der Waals surface area (Å²) in [6.07, 6.45) is 0. The number of hydrogen-bond donors (Lipinski definition) is 1. The van der Waals surface area contributed by atoms with Crippen LogP contribution >= 0.6 is 11.3 Å². The largest absolute Gasteiger partial charge is 0.439 e. The highest BCUT2D eigenvalue weighted by atomic mass is 32.1. The normalized spacial score (nSPS) is 10.9. The van der Waals surface area contributed by atoms with Gasteiger partial charge in [-0.15, -0.1) is 16.4 Å². The zero-order valence-corrected chi connectivity index (χ0v) is 12.2. The van der Waals surface area contributed by atoms with E-state index in [4.69, 9.17) is 10.5 Å². The fraction of sp³-hybridized carbons (Fsp3) is 0. The van der Waals surface area contributed by atoms with Gasteiger partial charge in [0.2, 0.25) is 11.8 Å². The predicted octanol–water partition coefficient (Wildman–Crippen LogP) is 3.23. The van der Waals surface area contributed by atoms with Crippen LogP contribution in [0.2, 0.25) is 0 Å². The Labute approximate surface area is 129 Å². The first-order valence-electron chi connectivity index (χ1n) is 6.60. The number of benzene rings is 1. The Kier molecular flexibility index (Phi) is 2.97. The van der Waals surface area contributed by atoms with Gasteiger partial charge in [-0.05, 0) is 23.6 Å². The molecule has 22 heavy (non-hydrogen) atoms. The number of nitrogens with zero attached hydrogens (tertiary/aromatic N) is 4. The van der Waals surface area contributed by atoms with Crippen LogP contribution in [-0.4, -0.2) is 19.6 Å². The lowest BCUT2D eigenvalue weighted by molar-refractivity contribution is 0.462. The van der Waals surface area contributed by atoms with E-state index in [1.165, 1.54) is 4.52 Å². The molecule has 0 unspecified atom stereocenters. The van der Waals surface area contributed by atoms with Crippen molar-refractivity contribution in [2.45, 2.75) is 0 Å². The molecular weight excluding hydrogens is 298 g/mol. The van der Waals surface area contributed by atoms with Gasteiger partial charge in [0.25, 0.3) is 0 Å². The molecule has 3 heterocycles. The molecule has 0 atom stereocenters. The molecule has 0 spiro atoms. The molecule has 108 valence electrons.